The van der Waals surface area contributed by atoms with E-state index in [2.05, 4.69) is 20.2 Å². The number of aromatic nitrogens is 2. The summed E-state index contributed by atoms with van der Waals surface area (Å²) in [5.41, 5.74) is 6.24. The van der Waals surface area contributed by atoms with Crippen LogP contribution in [0.1, 0.15) is 46.0 Å². The largest absolute Gasteiger partial charge is 0.337 e. The quantitative estimate of drug-likeness (QED) is 0.369. The number of carbonyl (C=O) groups is 1. The van der Waals surface area contributed by atoms with Gasteiger partial charge in [-0.05, 0) is 74.7 Å². The number of hydrogen-bond donors (Lipinski definition) is 3. The van der Waals surface area contributed by atoms with Gasteiger partial charge in [0.2, 0.25) is 17.6 Å². The van der Waals surface area contributed by atoms with Gasteiger partial charge in [0.25, 0.3) is 10.0 Å². The second-order valence-corrected chi connectivity index (χ2v) is 11.1. The number of anilines is 2. The van der Waals surface area contributed by atoms with Crippen LogP contribution in [0.25, 0.3) is 11.4 Å². The lowest BCUT2D eigenvalue weighted by Gasteiger charge is -2.19. The van der Waals surface area contributed by atoms with E-state index in [1.807, 2.05) is 13.8 Å². The minimum Gasteiger partial charge on any atom is -0.337 e. The molecule has 11 heteroatoms. The summed E-state index contributed by atoms with van der Waals surface area (Å²) in [6.07, 6.45) is 0.702. The molecular weight excluding hydrogens is 473 g/mol. The molecular formula is C24H30FN5O4S. The van der Waals surface area contributed by atoms with Gasteiger partial charge in [0.15, 0.2) is 0 Å². The molecule has 0 saturated carbocycles. The Hall–Kier alpha value is -3.31. The van der Waals surface area contributed by atoms with Crippen LogP contribution in [0.5, 0.6) is 0 Å². The van der Waals surface area contributed by atoms with E-state index >= 15 is 0 Å². The highest BCUT2D eigenvalue weighted by atomic mass is 32.2. The number of alkyl halides is 1. The van der Waals surface area contributed by atoms with Crippen LogP contribution in [0.15, 0.2) is 57.9 Å². The van der Waals surface area contributed by atoms with Gasteiger partial charge in [0.1, 0.15) is 6.67 Å². The number of nitrogens with two attached hydrogens (primary N) is 1. The molecule has 0 saturated heterocycles. The van der Waals surface area contributed by atoms with Gasteiger partial charge in [0, 0.05) is 16.9 Å². The number of halogens is 1. The van der Waals surface area contributed by atoms with E-state index in [9.17, 15) is 17.6 Å². The lowest BCUT2D eigenvalue weighted by atomic mass is 9.94. The molecule has 0 aliphatic heterocycles. The summed E-state index contributed by atoms with van der Waals surface area (Å²) in [5.74, 6) is 0.564. The maximum Gasteiger partial charge on any atom is 0.261 e. The molecule has 188 valence electrons. The van der Waals surface area contributed by atoms with E-state index in [1.165, 1.54) is 50.2 Å². The fourth-order valence-corrected chi connectivity index (χ4v) is 4.15. The third kappa shape index (κ3) is 6.64. The van der Waals surface area contributed by atoms with Crippen molar-refractivity contribution in [3.63, 3.8) is 0 Å². The summed E-state index contributed by atoms with van der Waals surface area (Å²) in [6, 6.07) is 11.8. The van der Waals surface area contributed by atoms with Crippen LogP contribution in [0, 0.1) is 11.3 Å². The van der Waals surface area contributed by atoms with Crippen molar-refractivity contribution in [3.05, 3.63) is 54.4 Å². The fourth-order valence-electron chi connectivity index (χ4n) is 3.09. The molecule has 1 aromatic heterocycles. The Balaban J connectivity index is 1.67. The molecule has 1 heterocycles. The molecule has 4 N–H and O–H groups in total. The highest BCUT2D eigenvalue weighted by Gasteiger charge is 2.27. The van der Waals surface area contributed by atoms with Crippen molar-refractivity contribution in [2.24, 2.45) is 17.1 Å². The Morgan fingerprint density at radius 1 is 1.09 bits per heavy atom. The first-order valence-corrected chi connectivity index (χ1v) is 12.6. The van der Waals surface area contributed by atoms with Gasteiger partial charge in [-0.1, -0.05) is 19.0 Å². The Morgan fingerprint density at radius 3 is 2.26 bits per heavy atom. The fraction of sp³-hybridized carbons (Fsp3) is 0.375. The van der Waals surface area contributed by atoms with Crippen LogP contribution in [0.3, 0.4) is 0 Å². The monoisotopic (exact) mass is 503 g/mol. The Bertz CT molecular complexity index is 1260. The predicted molar refractivity (Wildman–Crippen MR) is 132 cm³/mol. The molecule has 1 atom stereocenters. The molecule has 2 aromatic carbocycles. The van der Waals surface area contributed by atoms with Gasteiger partial charge in [-0.15, -0.1) is 0 Å². The Labute approximate surface area is 204 Å². The minimum absolute atomic E-state index is 0.0450. The number of sulfonamides is 1. The van der Waals surface area contributed by atoms with Crippen molar-refractivity contribution in [2.45, 2.75) is 45.1 Å². The van der Waals surface area contributed by atoms with Crippen molar-refractivity contribution < 1.29 is 22.1 Å². The van der Waals surface area contributed by atoms with Crippen LogP contribution in [-0.2, 0) is 14.8 Å². The first-order valence-electron chi connectivity index (χ1n) is 11.1. The average molecular weight is 504 g/mol. The number of rotatable bonds is 10. The van der Waals surface area contributed by atoms with Crippen LogP contribution in [-0.4, -0.2) is 31.1 Å². The molecule has 0 fully saturated rings. The first kappa shape index (κ1) is 26.3. The molecule has 0 bridgehead atoms. The van der Waals surface area contributed by atoms with Crippen LogP contribution in [0.4, 0.5) is 15.8 Å². The molecule has 9 nitrogen and oxygen atoms in total. The zero-order valence-corrected chi connectivity index (χ0v) is 20.9. The average Bonchev–Trinajstić information content (AvgIpc) is 3.30. The maximum atomic E-state index is 13.0. The van der Waals surface area contributed by atoms with Crippen LogP contribution >= 0.6 is 0 Å². The summed E-state index contributed by atoms with van der Waals surface area (Å²) in [5, 5.41) is 6.55. The number of benzene rings is 2. The topological polar surface area (TPSA) is 140 Å². The van der Waals surface area contributed by atoms with Gasteiger partial charge in [-0.2, -0.15) is 4.98 Å². The van der Waals surface area contributed by atoms with E-state index in [4.69, 9.17) is 10.3 Å². The first-order chi connectivity index (χ1) is 16.4. The summed E-state index contributed by atoms with van der Waals surface area (Å²) >= 11 is 0. The number of nitrogens with zero attached hydrogens (tertiary/aromatic N) is 2. The van der Waals surface area contributed by atoms with Gasteiger partial charge >= 0.3 is 0 Å². The van der Waals surface area contributed by atoms with Crippen molar-refractivity contribution in [1.82, 2.24) is 10.1 Å². The molecule has 0 aliphatic rings. The van der Waals surface area contributed by atoms with Gasteiger partial charge < -0.3 is 15.6 Å². The molecule has 0 aliphatic carbocycles. The summed E-state index contributed by atoms with van der Waals surface area (Å²) < 4.78 is 46.3. The van der Waals surface area contributed by atoms with Crippen molar-refractivity contribution in [1.29, 1.82) is 0 Å². The standard InChI is InChI=1S/C24H30FN5O4S/c1-15(2)13-20(26)22-28-21(29-34-22)16-5-11-19(12-6-16)35(32,33)30-18-9-7-17(8-10-18)27-23(31)24(3,4)14-25/h5-12,15,20,30H,13-14,26H2,1-4H3,(H,27,31). The zero-order valence-electron chi connectivity index (χ0n) is 20.1. The maximum absolute atomic E-state index is 13.0. The van der Waals surface area contributed by atoms with E-state index in [0.717, 1.165) is 0 Å². The lowest BCUT2D eigenvalue weighted by molar-refractivity contribution is -0.124. The number of carbonyl (C=O) groups excluding carboxylic acids is 1. The Kier molecular flexibility index (Phi) is 7.91. The number of hydrogen-bond acceptors (Lipinski definition) is 7. The van der Waals surface area contributed by atoms with Crippen molar-refractivity contribution in [3.8, 4) is 11.4 Å². The summed E-state index contributed by atoms with van der Waals surface area (Å²) in [6.45, 7) is 6.29. The summed E-state index contributed by atoms with van der Waals surface area (Å²) in [4.78, 5) is 16.5. The van der Waals surface area contributed by atoms with Crippen molar-refractivity contribution >= 4 is 27.3 Å². The van der Waals surface area contributed by atoms with E-state index in [0.29, 0.717) is 41.0 Å². The highest BCUT2D eigenvalue weighted by Crippen LogP contribution is 2.25. The minimum atomic E-state index is -3.87. The molecule has 0 spiro atoms. The van der Waals surface area contributed by atoms with Gasteiger partial charge in [0.05, 0.1) is 16.4 Å². The van der Waals surface area contributed by atoms with Gasteiger partial charge in [-0.25, -0.2) is 12.8 Å². The second-order valence-electron chi connectivity index (χ2n) is 9.37. The normalized spacial score (nSPS) is 13.0. The SMILES string of the molecule is CC(C)CC(N)c1nc(-c2ccc(S(=O)(=O)Nc3ccc(NC(=O)C(C)(C)CF)cc3)cc2)no1. The molecule has 0 radical (unpaired) electrons. The van der Waals surface area contributed by atoms with E-state index in [-0.39, 0.29) is 10.9 Å². The zero-order chi connectivity index (χ0) is 25.8. The number of nitrogens with one attached hydrogen (secondary N) is 2. The third-order valence-corrected chi connectivity index (χ3v) is 6.65. The second kappa shape index (κ2) is 10.5. The third-order valence-electron chi connectivity index (χ3n) is 5.25. The van der Waals surface area contributed by atoms with Gasteiger partial charge in [-0.3, -0.25) is 9.52 Å². The summed E-state index contributed by atoms with van der Waals surface area (Å²) in [7, 11) is -3.87. The number of amides is 1. The molecule has 3 aromatic rings. The molecule has 35 heavy (non-hydrogen) atoms. The molecule has 3 rings (SSSR count). The molecule has 1 unspecified atom stereocenters. The smallest absolute Gasteiger partial charge is 0.261 e. The van der Waals surface area contributed by atoms with E-state index in [1.54, 1.807) is 12.1 Å². The highest BCUT2D eigenvalue weighted by molar-refractivity contribution is 7.92. The lowest BCUT2D eigenvalue weighted by Crippen LogP contribution is -2.32. The predicted octanol–water partition coefficient (Wildman–Crippen LogP) is 4.52. The van der Waals surface area contributed by atoms with Crippen LogP contribution in [0.2, 0.25) is 0 Å². The Morgan fingerprint density at radius 2 is 1.69 bits per heavy atom. The molecule has 1 amide bonds. The van der Waals surface area contributed by atoms with Crippen LogP contribution < -0.4 is 15.8 Å². The van der Waals surface area contributed by atoms with Crippen molar-refractivity contribution in [2.75, 3.05) is 16.7 Å². The van der Waals surface area contributed by atoms with E-state index < -0.39 is 28.0 Å².